The summed E-state index contributed by atoms with van der Waals surface area (Å²) in [6.07, 6.45) is 6.93. The lowest BCUT2D eigenvalue weighted by Gasteiger charge is -2.28. The van der Waals surface area contributed by atoms with Crippen molar-refractivity contribution in [1.29, 1.82) is 0 Å². The van der Waals surface area contributed by atoms with Gasteiger partial charge in [0.25, 0.3) is 0 Å². The fraction of sp³-hybridized carbons (Fsp3) is 0.190. The highest BCUT2D eigenvalue weighted by molar-refractivity contribution is 6.09. The number of fused-ring (bicyclic) bond motifs is 2. The molecule has 0 atom stereocenters. The minimum Gasteiger partial charge on any atom is -0.507 e. The van der Waals surface area contributed by atoms with Crippen LogP contribution in [0.4, 0.5) is 0 Å². The minimum absolute atomic E-state index is 0.102. The van der Waals surface area contributed by atoms with Crippen LogP contribution < -0.4 is 14.2 Å². The number of rotatable bonds is 3. The molecule has 2 aromatic carbocycles. The zero-order chi connectivity index (χ0) is 18.3. The second-order valence-electron chi connectivity index (χ2n) is 6.76. The average molecular weight is 350 g/mol. The third kappa shape index (κ3) is 3.04. The van der Waals surface area contributed by atoms with E-state index in [1.165, 1.54) is 12.1 Å². The van der Waals surface area contributed by atoms with Gasteiger partial charge in [0.2, 0.25) is 6.79 Å². The SMILES string of the molecule is CC1(C)C=Cc2cc(C(=O)C=Cc3ccc4c(c3)OCO4)c(O)cc2O1. The summed E-state index contributed by atoms with van der Waals surface area (Å²) >= 11 is 0. The molecule has 0 saturated carbocycles. The van der Waals surface area contributed by atoms with Crippen LogP contribution in [-0.4, -0.2) is 23.3 Å². The van der Waals surface area contributed by atoms with Gasteiger partial charge in [0.05, 0.1) is 5.56 Å². The van der Waals surface area contributed by atoms with Crippen molar-refractivity contribution < 1.29 is 24.1 Å². The van der Waals surface area contributed by atoms with Crippen LogP contribution >= 0.6 is 0 Å². The first kappa shape index (κ1) is 16.3. The van der Waals surface area contributed by atoms with Crippen molar-refractivity contribution in [3.8, 4) is 23.0 Å². The van der Waals surface area contributed by atoms with Gasteiger partial charge in [0, 0.05) is 11.6 Å². The van der Waals surface area contributed by atoms with Crippen LogP contribution in [0.25, 0.3) is 12.2 Å². The van der Waals surface area contributed by atoms with Gasteiger partial charge in [-0.05, 0) is 49.8 Å². The molecule has 2 aliphatic rings. The molecule has 132 valence electrons. The van der Waals surface area contributed by atoms with Crippen LogP contribution in [0.5, 0.6) is 23.0 Å². The molecule has 0 spiro atoms. The van der Waals surface area contributed by atoms with E-state index < -0.39 is 5.60 Å². The monoisotopic (exact) mass is 350 g/mol. The number of hydrogen-bond donors (Lipinski definition) is 1. The second-order valence-corrected chi connectivity index (χ2v) is 6.76. The van der Waals surface area contributed by atoms with Gasteiger partial charge in [-0.25, -0.2) is 0 Å². The highest BCUT2D eigenvalue weighted by Gasteiger charge is 2.24. The van der Waals surface area contributed by atoms with Gasteiger partial charge < -0.3 is 19.3 Å². The van der Waals surface area contributed by atoms with E-state index in [-0.39, 0.29) is 23.9 Å². The lowest BCUT2D eigenvalue weighted by atomic mass is 9.98. The third-order valence-electron chi connectivity index (χ3n) is 4.25. The number of ketones is 1. The molecule has 2 aromatic rings. The summed E-state index contributed by atoms with van der Waals surface area (Å²) in [4.78, 5) is 12.5. The molecule has 2 heterocycles. The average Bonchev–Trinajstić information content (AvgIpc) is 3.06. The summed E-state index contributed by atoms with van der Waals surface area (Å²) in [5.41, 5.74) is 1.37. The van der Waals surface area contributed by atoms with E-state index in [1.807, 2.05) is 32.1 Å². The van der Waals surface area contributed by atoms with Crippen molar-refractivity contribution in [2.24, 2.45) is 0 Å². The molecule has 5 heteroatoms. The quantitative estimate of drug-likeness (QED) is 0.664. The maximum atomic E-state index is 12.5. The Labute approximate surface area is 151 Å². The van der Waals surface area contributed by atoms with Gasteiger partial charge in [0.1, 0.15) is 17.1 Å². The Bertz CT molecular complexity index is 953. The molecule has 0 saturated heterocycles. The Balaban J connectivity index is 1.59. The lowest BCUT2D eigenvalue weighted by molar-refractivity contribution is 0.104. The maximum Gasteiger partial charge on any atom is 0.231 e. The predicted octanol–water partition coefficient (Wildman–Crippen LogP) is 4.20. The molecule has 26 heavy (non-hydrogen) atoms. The Morgan fingerprint density at radius 3 is 2.77 bits per heavy atom. The zero-order valence-corrected chi connectivity index (χ0v) is 14.5. The maximum absolute atomic E-state index is 12.5. The summed E-state index contributed by atoms with van der Waals surface area (Å²) in [6.45, 7) is 4.06. The van der Waals surface area contributed by atoms with Crippen LogP contribution in [0.1, 0.15) is 35.3 Å². The first-order valence-electron chi connectivity index (χ1n) is 8.29. The fourth-order valence-electron chi connectivity index (χ4n) is 2.89. The van der Waals surface area contributed by atoms with Crippen molar-refractivity contribution >= 4 is 17.9 Å². The Morgan fingerprint density at radius 1 is 1.12 bits per heavy atom. The standard InChI is InChI=1S/C21H18O5/c1-21(2)8-7-14-10-15(17(23)11-19(14)26-21)16(22)5-3-13-4-6-18-20(9-13)25-12-24-18/h3-11,23H,12H2,1-2H3. The zero-order valence-electron chi connectivity index (χ0n) is 14.5. The van der Waals surface area contributed by atoms with E-state index in [9.17, 15) is 9.90 Å². The Kier molecular flexibility index (Phi) is 3.72. The molecule has 0 amide bonds. The molecule has 0 fully saturated rings. The lowest BCUT2D eigenvalue weighted by Crippen LogP contribution is -2.27. The van der Waals surface area contributed by atoms with Gasteiger partial charge >= 0.3 is 0 Å². The van der Waals surface area contributed by atoms with Crippen molar-refractivity contribution in [1.82, 2.24) is 0 Å². The van der Waals surface area contributed by atoms with E-state index in [0.717, 1.165) is 11.1 Å². The molecule has 4 rings (SSSR count). The smallest absolute Gasteiger partial charge is 0.231 e. The number of carbonyl (C=O) groups excluding carboxylic acids is 1. The fourth-order valence-corrected chi connectivity index (χ4v) is 2.89. The molecular formula is C21H18O5. The molecular weight excluding hydrogens is 332 g/mol. The number of hydrogen-bond acceptors (Lipinski definition) is 5. The topological polar surface area (TPSA) is 65.0 Å². The van der Waals surface area contributed by atoms with Crippen molar-refractivity contribution in [2.45, 2.75) is 19.4 Å². The molecule has 0 bridgehead atoms. The molecule has 0 radical (unpaired) electrons. The number of carbonyl (C=O) groups is 1. The molecule has 2 aliphatic heterocycles. The van der Waals surface area contributed by atoms with E-state index in [1.54, 1.807) is 24.3 Å². The molecule has 0 aliphatic carbocycles. The summed E-state index contributed by atoms with van der Waals surface area (Å²) in [6, 6.07) is 8.57. The number of ether oxygens (including phenoxy) is 3. The van der Waals surface area contributed by atoms with Crippen LogP contribution in [0.3, 0.4) is 0 Å². The largest absolute Gasteiger partial charge is 0.507 e. The van der Waals surface area contributed by atoms with Crippen molar-refractivity contribution in [2.75, 3.05) is 6.79 Å². The van der Waals surface area contributed by atoms with Crippen molar-refractivity contribution in [3.05, 3.63) is 59.2 Å². The third-order valence-corrected chi connectivity index (χ3v) is 4.25. The molecule has 5 nitrogen and oxygen atoms in total. The van der Waals surface area contributed by atoms with E-state index in [4.69, 9.17) is 14.2 Å². The highest BCUT2D eigenvalue weighted by atomic mass is 16.7. The summed E-state index contributed by atoms with van der Waals surface area (Å²) in [7, 11) is 0. The molecule has 0 unspecified atom stereocenters. The Morgan fingerprint density at radius 2 is 1.92 bits per heavy atom. The van der Waals surface area contributed by atoms with E-state index >= 15 is 0 Å². The normalized spacial score (nSPS) is 16.4. The highest BCUT2D eigenvalue weighted by Crippen LogP contribution is 2.36. The molecule has 0 aromatic heterocycles. The van der Waals surface area contributed by atoms with Gasteiger partial charge in [-0.15, -0.1) is 0 Å². The van der Waals surface area contributed by atoms with Crippen LogP contribution in [0, 0.1) is 0 Å². The number of benzene rings is 2. The summed E-state index contributed by atoms with van der Waals surface area (Å²) < 4.78 is 16.4. The Hall–Kier alpha value is -3.21. The van der Waals surface area contributed by atoms with Crippen molar-refractivity contribution in [3.63, 3.8) is 0 Å². The number of phenolic OH excluding ortho intramolecular Hbond substituents is 1. The second kappa shape index (κ2) is 5.95. The van der Waals surface area contributed by atoms with E-state index in [0.29, 0.717) is 17.2 Å². The van der Waals surface area contributed by atoms with E-state index in [2.05, 4.69) is 0 Å². The number of phenols is 1. The van der Waals surface area contributed by atoms with Gasteiger partial charge in [0.15, 0.2) is 17.3 Å². The van der Waals surface area contributed by atoms with Gasteiger partial charge in [-0.1, -0.05) is 18.2 Å². The van der Waals surface area contributed by atoms with Gasteiger partial charge in [-0.2, -0.15) is 0 Å². The first-order valence-corrected chi connectivity index (χ1v) is 8.29. The summed E-state index contributed by atoms with van der Waals surface area (Å²) in [5.74, 6) is 1.51. The minimum atomic E-state index is -0.440. The van der Waals surface area contributed by atoms with Crippen LogP contribution in [0.15, 0.2) is 42.5 Å². The molecule has 1 N–H and O–H groups in total. The number of allylic oxidation sites excluding steroid dienone is 1. The first-order chi connectivity index (χ1) is 12.4. The van der Waals surface area contributed by atoms with Crippen LogP contribution in [0.2, 0.25) is 0 Å². The van der Waals surface area contributed by atoms with Crippen LogP contribution in [-0.2, 0) is 0 Å². The number of aromatic hydroxyl groups is 1. The van der Waals surface area contributed by atoms with Gasteiger partial charge in [-0.3, -0.25) is 4.79 Å². The predicted molar refractivity (Wildman–Crippen MR) is 97.8 cm³/mol. The summed E-state index contributed by atoms with van der Waals surface area (Å²) in [5, 5.41) is 10.2.